The Morgan fingerprint density at radius 3 is 2.41 bits per heavy atom. The second-order valence-corrected chi connectivity index (χ2v) is 8.98. The van der Waals surface area contributed by atoms with Crippen molar-refractivity contribution < 1.29 is 49.7 Å². The van der Waals surface area contributed by atoms with Crippen LogP contribution in [0.1, 0.15) is 40.9 Å². The molecule has 202 valence electrons. The van der Waals surface area contributed by atoms with Gasteiger partial charge in [0.2, 0.25) is 6.29 Å². The summed E-state index contributed by atoms with van der Waals surface area (Å²) in [6.07, 6.45) is -9.10. The predicted molar refractivity (Wildman–Crippen MR) is 129 cm³/mol. The second kappa shape index (κ2) is 12.3. The maximum Gasteiger partial charge on any atom is 0.335 e. The zero-order valence-corrected chi connectivity index (χ0v) is 20.1. The highest BCUT2D eigenvalue weighted by molar-refractivity contribution is 5.96. The Bertz CT molecular complexity index is 1080. The predicted octanol–water partition coefficient (Wildman–Crippen LogP) is -0.594. The standard InChI is InChI=1S/C25H32N2O10/c1-12(7-8-13-5-3-2-4-6-13)27-11-16(28)14-9-15(23(26)33)18(29)17(10-14)36-25-21(32)19(30)20(31)22(37-25)24(34)35/h2-6,9-10,12,16,19-22,25,27-32H,7-8,11H2,1H3,(H2,26,33)(H,34,35)/t12?,16?,19-,20-,21+,22-,25?/m0/s1. The van der Waals surface area contributed by atoms with Crippen molar-refractivity contribution in [1.82, 2.24) is 5.32 Å². The fraction of sp³-hybridized carbons (Fsp3) is 0.440. The van der Waals surface area contributed by atoms with Crippen LogP contribution >= 0.6 is 0 Å². The summed E-state index contributed by atoms with van der Waals surface area (Å²) in [5.41, 5.74) is 6.26. The number of aryl methyl sites for hydroxylation is 1. The summed E-state index contributed by atoms with van der Waals surface area (Å²) in [7, 11) is 0. The van der Waals surface area contributed by atoms with Crippen LogP contribution < -0.4 is 15.8 Å². The number of ether oxygens (including phenoxy) is 2. The van der Waals surface area contributed by atoms with Crippen molar-refractivity contribution >= 4 is 11.9 Å². The van der Waals surface area contributed by atoms with Crippen molar-refractivity contribution in [3.8, 4) is 11.5 Å². The quantitative estimate of drug-likeness (QED) is 0.187. The number of rotatable bonds is 11. The van der Waals surface area contributed by atoms with E-state index in [4.69, 9.17) is 15.2 Å². The molecule has 0 aliphatic carbocycles. The van der Waals surface area contributed by atoms with Crippen LogP contribution in [0.3, 0.4) is 0 Å². The smallest absolute Gasteiger partial charge is 0.335 e. The molecule has 0 saturated carbocycles. The Morgan fingerprint density at radius 1 is 1.11 bits per heavy atom. The summed E-state index contributed by atoms with van der Waals surface area (Å²) in [6, 6.07) is 12.3. The first-order valence-electron chi connectivity index (χ1n) is 11.7. The largest absolute Gasteiger partial charge is 0.504 e. The van der Waals surface area contributed by atoms with Gasteiger partial charge in [-0.3, -0.25) is 4.79 Å². The summed E-state index contributed by atoms with van der Waals surface area (Å²) < 4.78 is 10.5. The lowest BCUT2D eigenvalue weighted by Crippen LogP contribution is -2.61. The average Bonchev–Trinajstić information content (AvgIpc) is 2.87. The summed E-state index contributed by atoms with van der Waals surface area (Å²) in [5, 5.41) is 63.7. The molecule has 9 N–H and O–H groups in total. The van der Waals surface area contributed by atoms with E-state index < -0.39 is 65.7 Å². The first-order valence-corrected chi connectivity index (χ1v) is 11.7. The van der Waals surface area contributed by atoms with Gasteiger partial charge < -0.3 is 51.2 Å². The third-order valence-electron chi connectivity index (χ3n) is 6.17. The Balaban J connectivity index is 1.73. The first kappa shape index (κ1) is 28.3. The number of hydrogen-bond donors (Lipinski definition) is 8. The van der Waals surface area contributed by atoms with Crippen LogP contribution in [0.2, 0.25) is 0 Å². The van der Waals surface area contributed by atoms with E-state index in [1.807, 2.05) is 37.3 Å². The van der Waals surface area contributed by atoms with E-state index in [1.54, 1.807) is 0 Å². The number of nitrogens with two attached hydrogens (primary N) is 1. The number of primary amides is 1. The highest BCUT2D eigenvalue weighted by atomic mass is 16.7. The van der Waals surface area contributed by atoms with E-state index in [2.05, 4.69) is 5.32 Å². The molecule has 12 heteroatoms. The van der Waals surface area contributed by atoms with Crippen molar-refractivity contribution in [3.05, 3.63) is 59.2 Å². The topological polar surface area (TPSA) is 212 Å². The molecular formula is C25H32N2O10. The minimum Gasteiger partial charge on any atom is -0.504 e. The molecule has 1 saturated heterocycles. The van der Waals surface area contributed by atoms with Gasteiger partial charge in [-0.1, -0.05) is 30.3 Å². The number of aromatic hydroxyl groups is 1. The van der Waals surface area contributed by atoms with E-state index in [0.717, 1.165) is 12.8 Å². The average molecular weight is 521 g/mol. The van der Waals surface area contributed by atoms with Crippen LogP contribution in [0.4, 0.5) is 0 Å². The number of carbonyl (C=O) groups is 2. The molecule has 1 aliphatic heterocycles. The highest BCUT2D eigenvalue weighted by Crippen LogP contribution is 2.36. The van der Waals surface area contributed by atoms with Gasteiger partial charge in [-0.25, -0.2) is 4.79 Å². The fourth-order valence-corrected chi connectivity index (χ4v) is 3.93. The molecule has 1 amide bonds. The maximum atomic E-state index is 11.9. The number of aliphatic hydroxyl groups excluding tert-OH is 4. The number of benzene rings is 2. The van der Waals surface area contributed by atoms with Gasteiger partial charge in [0.05, 0.1) is 11.7 Å². The molecule has 0 spiro atoms. The molecule has 0 aromatic heterocycles. The van der Waals surface area contributed by atoms with Gasteiger partial charge >= 0.3 is 5.97 Å². The lowest BCUT2D eigenvalue weighted by atomic mass is 9.99. The number of carboxylic acids is 1. The highest BCUT2D eigenvalue weighted by Gasteiger charge is 2.48. The van der Waals surface area contributed by atoms with Crippen molar-refractivity contribution in [2.24, 2.45) is 5.73 Å². The molecule has 0 radical (unpaired) electrons. The summed E-state index contributed by atoms with van der Waals surface area (Å²) in [5.74, 6) is -3.86. The Morgan fingerprint density at radius 2 is 1.78 bits per heavy atom. The number of aliphatic carboxylic acids is 1. The van der Waals surface area contributed by atoms with E-state index in [-0.39, 0.29) is 18.2 Å². The normalized spacial score (nSPS) is 25.3. The number of hydrogen-bond acceptors (Lipinski definition) is 10. The van der Waals surface area contributed by atoms with Gasteiger partial charge in [-0.05, 0) is 43.0 Å². The number of carboxylic acid groups (broad SMARTS) is 1. The SMILES string of the molecule is CC(CCc1ccccc1)NCC(O)c1cc(OC2O[C@H](C(=O)O)[C@@H](O)[C@H](O)[C@H]2O)c(O)c(C(N)=O)c1. The van der Waals surface area contributed by atoms with Crippen molar-refractivity contribution in [2.75, 3.05) is 6.54 Å². The van der Waals surface area contributed by atoms with Gasteiger partial charge in [0, 0.05) is 12.6 Å². The van der Waals surface area contributed by atoms with Crippen molar-refractivity contribution in [3.63, 3.8) is 0 Å². The van der Waals surface area contributed by atoms with Gasteiger partial charge in [0.25, 0.3) is 5.91 Å². The van der Waals surface area contributed by atoms with Crippen molar-refractivity contribution in [2.45, 2.75) is 62.6 Å². The van der Waals surface area contributed by atoms with Crippen LogP contribution in [-0.4, -0.2) is 85.8 Å². The summed E-state index contributed by atoms with van der Waals surface area (Å²) in [6.45, 7) is 2.03. The van der Waals surface area contributed by atoms with Crippen molar-refractivity contribution in [1.29, 1.82) is 0 Å². The number of amides is 1. The Hall–Kier alpha value is -3.26. The number of nitrogens with one attached hydrogen (secondary N) is 1. The monoisotopic (exact) mass is 520 g/mol. The van der Waals surface area contributed by atoms with Gasteiger partial charge in [-0.2, -0.15) is 0 Å². The number of phenols is 1. The van der Waals surface area contributed by atoms with E-state index in [1.165, 1.54) is 17.7 Å². The zero-order chi connectivity index (χ0) is 27.3. The Labute approximate surface area is 212 Å². The van der Waals surface area contributed by atoms with Gasteiger partial charge in [0.1, 0.15) is 18.3 Å². The van der Waals surface area contributed by atoms with E-state index in [9.17, 15) is 40.2 Å². The van der Waals surface area contributed by atoms with Crippen LogP contribution in [-0.2, 0) is 16.0 Å². The minimum absolute atomic E-state index is 0.0324. The molecular weight excluding hydrogens is 488 g/mol. The van der Waals surface area contributed by atoms with Crippen LogP contribution in [0, 0.1) is 0 Å². The van der Waals surface area contributed by atoms with Gasteiger partial charge in [0.15, 0.2) is 17.6 Å². The molecule has 1 fully saturated rings. The molecule has 3 rings (SSSR count). The molecule has 37 heavy (non-hydrogen) atoms. The van der Waals surface area contributed by atoms with E-state index >= 15 is 0 Å². The third-order valence-corrected chi connectivity index (χ3v) is 6.17. The molecule has 7 atom stereocenters. The van der Waals surface area contributed by atoms with Gasteiger partial charge in [-0.15, -0.1) is 0 Å². The van der Waals surface area contributed by atoms with Crippen LogP contribution in [0.25, 0.3) is 0 Å². The molecule has 2 aromatic carbocycles. The molecule has 2 aromatic rings. The summed E-state index contributed by atoms with van der Waals surface area (Å²) >= 11 is 0. The molecule has 12 nitrogen and oxygen atoms in total. The zero-order valence-electron chi connectivity index (χ0n) is 20.1. The number of aliphatic hydroxyl groups is 4. The second-order valence-electron chi connectivity index (χ2n) is 8.98. The lowest BCUT2D eigenvalue weighted by molar-refractivity contribution is -0.271. The first-order chi connectivity index (χ1) is 17.5. The van der Waals surface area contributed by atoms with E-state index in [0.29, 0.717) is 0 Å². The lowest BCUT2D eigenvalue weighted by Gasteiger charge is -2.38. The molecule has 0 bridgehead atoms. The maximum absolute atomic E-state index is 11.9. The number of carbonyl (C=O) groups excluding carboxylic acids is 1. The molecule has 1 heterocycles. The Kier molecular flexibility index (Phi) is 9.43. The third kappa shape index (κ3) is 6.95. The fourth-order valence-electron chi connectivity index (χ4n) is 3.93. The van der Waals surface area contributed by atoms with Crippen LogP contribution in [0.5, 0.6) is 11.5 Å². The summed E-state index contributed by atoms with van der Waals surface area (Å²) in [4.78, 5) is 23.2. The van der Waals surface area contributed by atoms with Crippen LogP contribution in [0.15, 0.2) is 42.5 Å². The molecule has 1 aliphatic rings. The molecule has 3 unspecified atom stereocenters. The minimum atomic E-state index is -1.94.